The fourth-order valence-corrected chi connectivity index (χ4v) is 4.50. The van der Waals surface area contributed by atoms with Crippen LogP contribution in [0.3, 0.4) is 0 Å². The summed E-state index contributed by atoms with van der Waals surface area (Å²) in [7, 11) is 0. The molecule has 9 heteroatoms. The van der Waals surface area contributed by atoms with Crippen LogP contribution in [0.25, 0.3) is 16.7 Å². The first kappa shape index (κ1) is 22.5. The average Bonchev–Trinajstić information content (AvgIpc) is 3.14. The van der Waals surface area contributed by atoms with Crippen molar-refractivity contribution >= 4 is 57.7 Å². The third-order valence-electron chi connectivity index (χ3n) is 4.64. The van der Waals surface area contributed by atoms with Gasteiger partial charge in [-0.05, 0) is 56.3 Å². The van der Waals surface area contributed by atoms with Crippen molar-refractivity contribution < 1.29 is 9.53 Å². The number of ether oxygens (including phenoxy) is 1. The Labute approximate surface area is 199 Å². The number of halogens is 2. The molecule has 2 aromatic heterocycles. The van der Waals surface area contributed by atoms with Crippen LogP contribution in [0.15, 0.2) is 66.0 Å². The molecule has 0 saturated heterocycles. The number of benzene rings is 2. The van der Waals surface area contributed by atoms with Crippen LogP contribution in [0, 0.1) is 0 Å². The van der Waals surface area contributed by atoms with Gasteiger partial charge in [-0.25, -0.2) is 9.97 Å². The minimum absolute atomic E-state index is 0.239. The summed E-state index contributed by atoms with van der Waals surface area (Å²) in [6.45, 7) is 4.37. The number of carbonyl (C=O) groups excluding carboxylic acids is 1. The Morgan fingerprint density at radius 3 is 2.66 bits per heavy atom. The fraction of sp³-hybridized carbons (Fsp3) is 0.174. The zero-order valence-electron chi connectivity index (χ0n) is 17.4. The maximum absolute atomic E-state index is 12.8. The van der Waals surface area contributed by atoms with E-state index < -0.39 is 5.25 Å². The van der Waals surface area contributed by atoms with Crippen molar-refractivity contribution in [3.63, 3.8) is 0 Å². The van der Waals surface area contributed by atoms with E-state index in [0.717, 1.165) is 22.5 Å². The van der Waals surface area contributed by atoms with Crippen LogP contribution < -0.4 is 10.1 Å². The summed E-state index contributed by atoms with van der Waals surface area (Å²) in [6, 6.07) is 17.2. The Morgan fingerprint density at radius 1 is 1.19 bits per heavy atom. The Kier molecular flexibility index (Phi) is 6.89. The summed E-state index contributed by atoms with van der Waals surface area (Å²) in [5.41, 5.74) is 2.73. The molecule has 0 aliphatic heterocycles. The van der Waals surface area contributed by atoms with Crippen molar-refractivity contribution in [3.8, 4) is 11.4 Å². The van der Waals surface area contributed by atoms with Crippen LogP contribution in [-0.2, 0) is 4.79 Å². The molecule has 0 saturated carbocycles. The van der Waals surface area contributed by atoms with Gasteiger partial charge in [0.05, 0.1) is 32.9 Å². The van der Waals surface area contributed by atoms with E-state index in [1.807, 2.05) is 66.9 Å². The second kappa shape index (κ2) is 9.81. The van der Waals surface area contributed by atoms with Crippen molar-refractivity contribution in [1.29, 1.82) is 0 Å². The lowest BCUT2D eigenvalue weighted by Crippen LogP contribution is -2.23. The first-order valence-electron chi connectivity index (χ1n) is 9.95. The van der Waals surface area contributed by atoms with Gasteiger partial charge in [0.25, 0.3) is 0 Å². The monoisotopic (exact) mass is 486 g/mol. The number of nitrogens with one attached hydrogen (secondary N) is 1. The standard InChI is InChI=1S/C23H20Cl2N4O2S/c1-3-31-17-10-8-16(9-11-17)29-20-7-5-4-6-19(20)27-23(29)32-14(2)22(30)28-21-18(25)12-15(24)13-26-21/h4-14H,3H2,1-2H3,(H,26,28,30). The largest absolute Gasteiger partial charge is 0.494 e. The van der Waals surface area contributed by atoms with Crippen molar-refractivity contribution in [2.45, 2.75) is 24.3 Å². The van der Waals surface area contributed by atoms with Crippen LogP contribution >= 0.6 is 35.0 Å². The Bertz CT molecular complexity index is 1260. The molecule has 1 unspecified atom stereocenters. The highest BCUT2D eigenvalue weighted by molar-refractivity contribution is 8.00. The highest BCUT2D eigenvalue weighted by Gasteiger charge is 2.21. The number of rotatable bonds is 7. The zero-order valence-corrected chi connectivity index (χ0v) is 19.7. The van der Waals surface area contributed by atoms with E-state index in [9.17, 15) is 4.79 Å². The number of thioether (sulfide) groups is 1. The summed E-state index contributed by atoms with van der Waals surface area (Å²) >= 11 is 13.4. The summed E-state index contributed by atoms with van der Waals surface area (Å²) < 4.78 is 7.59. The number of fused-ring (bicyclic) bond motifs is 1. The second-order valence-corrected chi connectivity index (χ2v) is 9.03. The molecule has 4 rings (SSSR count). The maximum Gasteiger partial charge on any atom is 0.238 e. The quantitative estimate of drug-likeness (QED) is 0.312. The molecule has 2 heterocycles. The highest BCUT2D eigenvalue weighted by Crippen LogP contribution is 2.32. The van der Waals surface area contributed by atoms with Crippen LogP contribution in [0.1, 0.15) is 13.8 Å². The van der Waals surface area contributed by atoms with Gasteiger partial charge in [-0.3, -0.25) is 9.36 Å². The SMILES string of the molecule is CCOc1ccc(-n2c(SC(C)C(=O)Nc3ncc(Cl)cc3Cl)nc3ccccc32)cc1. The predicted octanol–water partition coefficient (Wildman–Crippen LogP) is 6.25. The van der Waals surface area contributed by atoms with Gasteiger partial charge in [-0.2, -0.15) is 0 Å². The van der Waals surface area contributed by atoms with Crippen molar-refractivity contribution in [2.75, 3.05) is 11.9 Å². The van der Waals surface area contributed by atoms with E-state index in [1.165, 1.54) is 24.0 Å². The van der Waals surface area contributed by atoms with E-state index >= 15 is 0 Å². The van der Waals surface area contributed by atoms with E-state index in [1.54, 1.807) is 0 Å². The number of carbonyl (C=O) groups is 1. The number of nitrogens with zero attached hydrogens (tertiary/aromatic N) is 3. The molecule has 0 aliphatic rings. The Morgan fingerprint density at radius 2 is 1.94 bits per heavy atom. The minimum Gasteiger partial charge on any atom is -0.494 e. The third-order valence-corrected chi connectivity index (χ3v) is 6.18. The van der Waals surface area contributed by atoms with E-state index in [-0.39, 0.29) is 16.7 Å². The third kappa shape index (κ3) is 4.85. The molecule has 0 radical (unpaired) electrons. The minimum atomic E-state index is -0.457. The molecule has 0 fully saturated rings. The molecule has 1 amide bonds. The molecule has 1 N–H and O–H groups in total. The van der Waals surface area contributed by atoms with Crippen LogP contribution in [0.4, 0.5) is 5.82 Å². The maximum atomic E-state index is 12.8. The van der Waals surface area contributed by atoms with Gasteiger partial charge in [-0.1, -0.05) is 47.1 Å². The van der Waals surface area contributed by atoms with Gasteiger partial charge >= 0.3 is 0 Å². The van der Waals surface area contributed by atoms with Gasteiger partial charge in [0.15, 0.2) is 11.0 Å². The van der Waals surface area contributed by atoms with Gasteiger partial charge in [0.1, 0.15) is 5.75 Å². The molecule has 164 valence electrons. The summed E-state index contributed by atoms with van der Waals surface area (Å²) in [6.07, 6.45) is 1.44. The van der Waals surface area contributed by atoms with E-state index in [0.29, 0.717) is 16.8 Å². The van der Waals surface area contributed by atoms with E-state index in [4.69, 9.17) is 32.9 Å². The normalized spacial score (nSPS) is 12.0. The van der Waals surface area contributed by atoms with E-state index in [2.05, 4.69) is 10.3 Å². The number of anilines is 1. The smallest absolute Gasteiger partial charge is 0.238 e. The van der Waals surface area contributed by atoms with Crippen LogP contribution in [0.5, 0.6) is 5.75 Å². The summed E-state index contributed by atoms with van der Waals surface area (Å²) in [4.78, 5) is 21.7. The Balaban J connectivity index is 1.62. The first-order chi connectivity index (χ1) is 15.5. The lowest BCUT2D eigenvalue weighted by atomic mass is 10.2. The number of amides is 1. The average molecular weight is 487 g/mol. The first-order valence-corrected chi connectivity index (χ1v) is 11.6. The molecular formula is C23H20Cl2N4O2S. The predicted molar refractivity (Wildman–Crippen MR) is 130 cm³/mol. The molecule has 0 bridgehead atoms. The lowest BCUT2D eigenvalue weighted by Gasteiger charge is -2.14. The topological polar surface area (TPSA) is 69.0 Å². The number of aromatic nitrogens is 3. The number of pyridine rings is 1. The van der Waals surface area contributed by atoms with Gasteiger partial charge in [0.2, 0.25) is 5.91 Å². The number of para-hydroxylation sites is 2. The number of hydrogen-bond acceptors (Lipinski definition) is 5. The molecule has 2 aromatic carbocycles. The lowest BCUT2D eigenvalue weighted by molar-refractivity contribution is -0.115. The second-order valence-electron chi connectivity index (χ2n) is 6.88. The molecule has 32 heavy (non-hydrogen) atoms. The zero-order chi connectivity index (χ0) is 22.7. The van der Waals surface area contributed by atoms with Gasteiger partial charge in [-0.15, -0.1) is 0 Å². The van der Waals surface area contributed by atoms with Crippen LogP contribution in [-0.4, -0.2) is 32.3 Å². The molecule has 1 atom stereocenters. The van der Waals surface area contributed by atoms with Crippen molar-refractivity contribution in [3.05, 3.63) is 70.8 Å². The number of hydrogen-bond donors (Lipinski definition) is 1. The van der Waals surface area contributed by atoms with Gasteiger partial charge < -0.3 is 10.1 Å². The molecular weight excluding hydrogens is 467 g/mol. The summed E-state index contributed by atoms with van der Waals surface area (Å²) in [5, 5.41) is 3.69. The molecule has 4 aromatic rings. The Hall–Kier alpha value is -2.74. The fourth-order valence-electron chi connectivity index (χ4n) is 3.13. The highest BCUT2D eigenvalue weighted by atomic mass is 35.5. The molecule has 0 aliphatic carbocycles. The molecule has 6 nitrogen and oxygen atoms in total. The van der Waals surface area contributed by atoms with Crippen LogP contribution in [0.2, 0.25) is 10.0 Å². The number of imidazole rings is 1. The van der Waals surface area contributed by atoms with Gasteiger partial charge in [0, 0.05) is 11.9 Å². The van der Waals surface area contributed by atoms with Crippen molar-refractivity contribution in [2.24, 2.45) is 0 Å². The molecule has 0 spiro atoms. The van der Waals surface area contributed by atoms with Crippen molar-refractivity contribution in [1.82, 2.24) is 14.5 Å². The summed E-state index contributed by atoms with van der Waals surface area (Å²) in [5.74, 6) is 0.834.